The minimum Gasteiger partial charge on any atom is -0.358 e. The first-order valence-electron chi connectivity index (χ1n) is 8.39. The van der Waals surface area contributed by atoms with Crippen LogP contribution in [-0.4, -0.2) is 27.9 Å². The Morgan fingerprint density at radius 2 is 2.08 bits per heavy atom. The molecular formula is C17H21F3N4O2. The van der Waals surface area contributed by atoms with Crippen LogP contribution >= 0.6 is 0 Å². The summed E-state index contributed by atoms with van der Waals surface area (Å²) in [6, 6.07) is 1.96. The smallest absolute Gasteiger partial charge is 0.358 e. The van der Waals surface area contributed by atoms with Crippen molar-refractivity contribution in [2.45, 2.75) is 51.1 Å². The van der Waals surface area contributed by atoms with Gasteiger partial charge in [0, 0.05) is 24.9 Å². The van der Waals surface area contributed by atoms with E-state index in [0.717, 1.165) is 10.9 Å². The quantitative estimate of drug-likeness (QED) is 0.819. The lowest BCUT2D eigenvalue weighted by atomic mass is 9.61. The summed E-state index contributed by atoms with van der Waals surface area (Å²) in [7, 11) is 1.19. The van der Waals surface area contributed by atoms with Crippen LogP contribution in [0.3, 0.4) is 0 Å². The van der Waals surface area contributed by atoms with Crippen LogP contribution in [0.25, 0.3) is 0 Å². The van der Waals surface area contributed by atoms with Gasteiger partial charge in [-0.05, 0) is 11.8 Å². The molecule has 0 radical (unpaired) electrons. The molecule has 0 aromatic carbocycles. The number of Topliss-reactive ketones (excluding diaryl/α,β-unsaturated/α-hetero) is 1. The highest BCUT2D eigenvalue weighted by Gasteiger charge is 2.55. The van der Waals surface area contributed by atoms with Gasteiger partial charge in [0.25, 0.3) is 0 Å². The van der Waals surface area contributed by atoms with E-state index in [0.29, 0.717) is 6.42 Å². The fourth-order valence-electron chi connectivity index (χ4n) is 4.41. The van der Waals surface area contributed by atoms with E-state index < -0.39 is 42.0 Å². The maximum atomic E-state index is 13.6. The number of nitrogens with zero attached hydrogens (tertiary/aromatic N) is 3. The molecule has 1 aliphatic carbocycles. The van der Waals surface area contributed by atoms with Crippen molar-refractivity contribution in [3.8, 4) is 6.07 Å². The van der Waals surface area contributed by atoms with Crippen LogP contribution in [0.2, 0.25) is 0 Å². The Labute approximate surface area is 149 Å². The Morgan fingerprint density at radius 1 is 1.42 bits per heavy atom. The predicted octanol–water partition coefficient (Wildman–Crippen LogP) is 2.35. The van der Waals surface area contributed by atoms with Gasteiger partial charge in [0.1, 0.15) is 17.7 Å². The first-order chi connectivity index (χ1) is 12.0. The SMILES string of the molecule is Cn1ncc([C@@H]2[C@H](C#N)[C@H](N)O[C@H]3CC(C)(C)CC(=O)[C@H]23)c1C(F)(F)F. The van der Waals surface area contributed by atoms with Gasteiger partial charge in [-0.25, -0.2) is 0 Å². The first-order valence-corrected chi connectivity index (χ1v) is 8.39. The topological polar surface area (TPSA) is 93.9 Å². The Balaban J connectivity index is 2.14. The van der Waals surface area contributed by atoms with Crippen molar-refractivity contribution in [1.29, 1.82) is 5.26 Å². The second-order valence-corrected chi connectivity index (χ2v) is 7.93. The minimum absolute atomic E-state index is 0.159. The second-order valence-electron chi connectivity index (χ2n) is 7.93. The molecule has 2 aliphatic rings. The van der Waals surface area contributed by atoms with Gasteiger partial charge in [-0.2, -0.15) is 23.5 Å². The standard InChI is InChI=1S/C17H21F3N4O2/c1-16(2)4-10(25)13-11(5-16)26-15(22)8(6-21)12(13)9-7-23-24(3)14(9)17(18,19)20/h7-8,11-13,15H,4-5,22H2,1-3H3/t8-,11-,12-,13-,15+/m0/s1. The molecule has 1 saturated heterocycles. The molecule has 2 fully saturated rings. The molecule has 2 heterocycles. The minimum atomic E-state index is -4.66. The molecule has 142 valence electrons. The van der Waals surface area contributed by atoms with Crippen molar-refractivity contribution in [2.75, 3.05) is 0 Å². The molecule has 1 aromatic heterocycles. The number of carbonyl (C=O) groups excluding carboxylic acids is 1. The number of ether oxygens (including phenoxy) is 1. The average molecular weight is 370 g/mol. The molecule has 0 unspecified atom stereocenters. The number of alkyl halides is 3. The highest BCUT2D eigenvalue weighted by atomic mass is 19.4. The van der Waals surface area contributed by atoms with Crippen molar-refractivity contribution in [2.24, 2.45) is 30.0 Å². The number of hydrogen-bond acceptors (Lipinski definition) is 5. The highest BCUT2D eigenvalue weighted by Crippen LogP contribution is 2.51. The molecule has 0 amide bonds. The van der Waals surface area contributed by atoms with Gasteiger partial charge in [-0.1, -0.05) is 13.8 Å². The molecule has 0 bridgehead atoms. The van der Waals surface area contributed by atoms with Crippen LogP contribution < -0.4 is 5.73 Å². The number of ketones is 1. The summed E-state index contributed by atoms with van der Waals surface area (Å²) < 4.78 is 47.2. The lowest BCUT2D eigenvalue weighted by Crippen LogP contribution is -2.56. The number of fused-ring (bicyclic) bond motifs is 1. The number of nitriles is 1. The van der Waals surface area contributed by atoms with E-state index in [9.17, 15) is 23.2 Å². The molecule has 0 spiro atoms. The largest absolute Gasteiger partial charge is 0.433 e. The van der Waals surface area contributed by atoms with Gasteiger partial charge in [-0.15, -0.1) is 0 Å². The van der Waals surface area contributed by atoms with Crippen molar-refractivity contribution in [1.82, 2.24) is 9.78 Å². The van der Waals surface area contributed by atoms with Gasteiger partial charge in [0.2, 0.25) is 0 Å². The average Bonchev–Trinajstić information content (AvgIpc) is 2.85. The molecule has 2 N–H and O–H groups in total. The van der Waals surface area contributed by atoms with Gasteiger partial charge >= 0.3 is 6.18 Å². The number of aromatic nitrogens is 2. The molecule has 1 aromatic rings. The number of halogens is 3. The lowest BCUT2D eigenvalue weighted by Gasteiger charge is -2.49. The summed E-state index contributed by atoms with van der Waals surface area (Å²) in [4.78, 5) is 12.8. The second kappa shape index (κ2) is 6.06. The third-order valence-corrected chi connectivity index (χ3v) is 5.38. The van der Waals surface area contributed by atoms with E-state index in [1.165, 1.54) is 7.05 Å². The zero-order valence-electron chi connectivity index (χ0n) is 14.7. The van der Waals surface area contributed by atoms with Gasteiger partial charge in [0.05, 0.1) is 30.2 Å². The highest BCUT2D eigenvalue weighted by molar-refractivity contribution is 5.84. The normalized spacial score (nSPS) is 34.2. The van der Waals surface area contributed by atoms with E-state index in [1.54, 1.807) is 0 Å². The molecular weight excluding hydrogens is 349 g/mol. The van der Waals surface area contributed by atoms with Crippen molar-refractivity contribution < 1.29 is 22.7 Å². The van der Waals surface area contributed by atoms with Crippen molar-refractivity contribution in [3.63, 3.8) is 0 Å². The van der Waals surface area contributed by atoms with Crippen LogP contribution in [0.15, 0.2) is 6.20 Å². The van der Waals surface area contributed by atoms with E-state index in [4.69, 9.17) is 10.5 Å². The summed E-state index contributed by atoms with van der Waals surface area (Å²) in [5.74, 6) is -3.09. The predicted molar refractivity (Wildman–Crippen MR) is 84.4 cm³/mol. The van der Waals surface area contributed by atoms with Crippen molar-refractivity contribution in [3.05, 3.63) is 17.5 Å². The Hall–Kier alpha value is -1.92. The van der Waals surface area contributed by atoms with Crippen LogP contribution in [0, 0.1) is 28.6 Å². The van der Waals surface area contributed by atoms with E-state index in [-0.39, 0.29) is 23.2 Å². The zero-order chi connectivity index (χ0) is 19.4. The van der Waals surface area contributed by atoms with E-state index >= 15 is 0 Å². The van der Waals surface area contributed by atoms with Gasteiger partial charge in [0.15, 0.2) is 0 Å². The fourth-order valence-corrected chi connectivity index (χ4v) is 4.41. The maximum absolute atomic E-state index is 13.6. The van der Waals surface area contributed by atoms with Crippen LogP contribution in [0.1, 0.15) is 43.9 Å². The van der Waals surface area contributed by atoms with E-state index in [2.05, 4.69) is 5.10 Å². The summed E-state index contributed by atoms with van der Waals surface area (Å²) in [5.41, 5.74) is 4.52. The third kappa shape index (κ3) is 3.01. The summed E-state index contributed by atoms with van der Waals surface area (Å²) >= 11 is 0. The van der Waals surface area contributed by atoms with Crippen LogP contribution in [-0.2, 0) is 22.8 Å². The third-order valence-electron chi connectivity index (χ3n) is 5.38. The number of aryl methyl sites for hydroxylation is 1. The fraction of sp³-hybridized carbons (Fsp3) is 0.706. The number of nitrogens with two attached hydrogens (primary N) is 1. The summed E-state index contributed by atoms with van der Waals surface area (Å²) in [5, 5.41) is 13.3. The molecule has 1 saturated carbocycles. The van der Waals surface area contributed by atoms with Crippen LogP contribution in [0.5, 0.6) is 0 Å². The van der Waals surface area contributed by atoms with Gasteiger partial charge in [-0.3, -0.25) is 9.48 Å². The summed E-state index contributed by atoms with van der Waals surface area (Å²) in [6.07, 6.45) is -4.52. The molecule has 3 rings (SSSR count). The first kappa shape index (κ1) is 18.9. The molecule has 26 heavy (non-hydrogen) atoms. The van der Waals surface area contributed by atoms with E-state index in [1.807, 2.05) is 19.9 Å². The van der Waals surface area contributed by atoms with Crippen LogP contribution in [0.4, 0.5) is 13.2 Å². The Morgan fingerprint density at radius 3 is 2.65 bits per heavy atom. The number of hydrogen-bond donors (Lipinski definition) is 1. The Bertz CT molecular complexity index is 765. The van der Waals surface area contributed by atoms with Gasteiger partial charge < -0.3 is 10.5 Å². The zero-order valence-corrected chi connectivity index (χ0v) is 14.7. The van der Waals surface area contributed by atoms with Crippen molar-refractivity contribution >= 4 is 5.78 Å². The molecule has 1 aliphatic heterocycles. The number of rotatable bonds is 1. The molecule has 5 atom stereocenters. The summed E-state index contributed by atoms with van der Waals surface area (Å²) in [6.45, 7) is 3.82. The lowest BCUT2D eigenvalue weighted by molar-refractivity contribution is -0.166. The monoisotopic (exact) mass is 370 g/mol. The Kier molecular flexibility index (Phi) is 4.40. The number of carbonyl (C=O) groups is 1. The molecule has 6 nitrogen and oxygen atoms in total. The molecule has 9 heteroatoms. The maximum Gasteiger partial charge on any atom is 0.433 e.